The smallest absolute Gasteiger partial charge is 0.220 e. The molecule has 130 valence electrons. The molecular formula is C18H31N3O2. The first-order valence-electron chi connectivity index (χ1n) is 8.42. The monoisotopic (exact) mass is 321 g/mol. The predicted molar refractivity (Wildman–Crippen MR) is 94.5 cm³/mol. The van der Waals surface area contributed by atoms with E-state index in [4.69, 9.17) is 10.5 Å². The molecule has 0 radical (unpaired) electrons. The van der Waals surface area contributed by atoms with Crippen molar-refractivity contribution in [2.24, 2.45) is 5.73 Å². The number of ether oxygens (including phenoxy) is 1. The third-order valence-corrected chi connectivity index (χ3v) is 4.05. The fourth-order valence-corrected chi connectivity index (χ4v) is 2.63. The number of nitrogens with two attached hydrogens (primary N) is 1. The van der Waals surface area contributed by atoms with Gasteiger partial charge in [-0.05, 0) is 44.1 Å². The quantitative estimate of drug-likeness (QED) is 0.694. The highest BCUT2D eigenvalue weighted by Crippen LogP contribution is 2.23. The summed E-state index contributed by atoms with van der Waals surface area (Å²) in [5, 5.41) is 3.05. The maximum absolute atomic E-state index is 12.0. The Balaban J connectivity index is 2.78. The highest BCUT2D eigenvalue weighted by molar-refractivity contribution is 5.75. The number of carbonyl (C=O) groups excluding carboxylic acids is 1. The number of likely N-dealkylation sites (N-methyl/N-ethyl adjacent to an activating group) is 1. The van der Waals surface area contributed by atoms with E-state index in [1.54, 1.807) is 7.11 Å². The van der Waals surface area contributed by atoms with Gasteiger partial charge in [0.15, 0.2) is 0 Å². The minimum absolute atomic E-state index is 0.0534. The van der Waals surface area contributed by atoms with Gasteiger partial charge in [-0.1, -0.05) is 26.0 Å². The first kappa shape index (κ1) is 19.5. The Morgan fingerprint density at radius 2 is 2.04 bits per heavy atom. The van der Waals surface area contributed by atoms with Gasteiger partial charge in [0, 0.05) is 19.0 Å². The standard InChI is InChI=1S/C18H31N3O2/c1-5-21(6-2)17(13-20-18(22)11-10-14(3)19)15-8-7-9-16(12-15)23-4/h7-9,12,14,17H,5-6,10-11,13,19H2,1-4H3,(H,20,22). The number of hydrogen-bond acceptors (Lipinski definition) is 4. The summed E-state index contributed by atoms with van der Waals surface area (Å²) in [6.07, 6.45) is 1.18. The molecular weight excluding hydrogens is 290 g/mol. The molecule has 1 amide bonds. The van der Waals surface area contributed by atoms with E-state index in [0.717, 1.165) is 24.4 Å². The minimum atomic E-state index is 0.0534. The number of methoxy groups -OCH3 is 1. The average Bonchev–Trinajstić information content (AvgIpc) is 2.56. The molecule has 0 spiro atoms. The number of nitrogens with zero attached hydrogens (tertiary/aromatic N) is 1. The largest absolute Gasteiger partial charge is 0.497 e. The van der Waals surface area contributed by atoms with Crippen LogP contribution in [0.4, 0.5) is 0 Å². The number of carbonyl (C=O) groups is 1. The molecule has 23 heavy (non-hydrogen) atoms. The molecule has 0 aliphatic rings. The molecule has 5 heteroatoms. The molecule has 5 nitrogen and oxygen atoms in total. The Bertz CT molecular complexity index is 473. The lowest BCUT2D eigenvalue weighted by atomic mass is 10.0. The van der Waals surface area contributed by atoms with Crippen LogP contribution in [0.5, 0.6) is 5.75 Å². The van der Waals surface area contributed by atoms with Crippen LogP contribution in [0.2, 0.25) is 0 Å². The van der Waals surface area contributed by atoms with Gasteiger partial charge >= 0.3 is 0 Å². The highest BCUT2D eigenvalue weighted by atomic mass is 16.5. The molecule has 1 aromatic rings. The van der Waals surface area contributed by atoms with E-state index in [2.05, 4.69) is 30.1 Å². The van der Waals surface area contributed by atoms with E-state index >= 15 is 0 Å². The molecule has 1 rings (SSSR count). The topological polar surface area (TPSA) is 67.6 Å². The number of benzene rings is 1. The molecule has 1 aromatic carbocycles. The Morgan fingerprint density at radius 3 is 2.61 bits per heavy atom. The van der Waals surface area contributed by atoms with Crippen LogP contribution in [0.1, 0.15) is 45.2 Å². The lowest BCUT2D eigenvalue weighted by molar-refractivity contribution is -0.121. The molecule has 0 heterocycles. The highest BCUT2D eigenvalue weighted by Gasteiger charge is 2.19. The summed E-state index contributed by atoms with van der Waals surface area (Å²) in [6.45, 7) is 8.63. The first-order chi connectivity index (χ1) is 11.0. The lowest BCUT2D eigenvalue weighted by Crippen LogP contribution is -2.38. The van der Waals surface area contributed by atoms with Crippen LogP contribution in [0.3, 0.4) is 0 Å². The fourth-order valence-electron chi connectivity index (χ4n) is 2.63. The third kappa shape index (κ3) is 6.59. The molecule has 0 saturated carbocycles. The minimum Gasteiger partial charge on any atom is -0.497 e. The molecule has 2 unspecified atom stereocenters. The maximum atomic E-state index is 12.0. The molecule has 3 N–H and O–H groups in total. The van der Waals surface area contributed by atoms with Crippen molar-refractivity contribution in [2.45, 2.75) is 45.7 Å². The molecule has 0 aliphatic carbocycles. The average molecular weight is 321 g/mol. The zero-order chi connectivity index (χ0) is 17.2. The normalized spacial score (nSPS) is 13.7. The van der Waals surface area contributed by atoms with E-state index in [1.807, 2.05) is 25.1 Å². The lowest BCUT2D eigenvalue weighted by Gasteiger charge is -2.30. The number of rotatable bonds is 10. The van der Waals surface area contributed by atoms with Crippen LogP contribution < -0.4 is 15.8 Å². The summed E-state index contributed by atoms with van der Waals surface area (Å²) in [4.78, 5) is 14.3. The Hall–Kier alpha value is -1.59. The van der Waals surface area contributed by atoms with E-state index in [-0.39, 0.29) is 18.0 Å². The Kier molecular flexibility index (Phi) is 8.66. The molecule has 2 atom stereocenters. The second-order valence-corrected chi connectivity index (χ2v) is 5.83. The Morgan fingerprint density at radius 1 is 1.35 bits per heavy atom. The summed E-state index contributed by atoms with van der Waals surface area (Å²) in [5.74, 6) is 0.894. The van der Waals surface area contributed by atoms with E-state index in [0.29, 0.717) is 19.4 Å². The molecule has 0 bridgehead atoms. The molecule has 0 saturated heterocycles. The second-order valence-electron chi connectivity index (χ2n) is 5.83. The van der Waals surface area contributed by atoms with Crippen molar-refractivity contribution in [3.8, 4) is 5.75 Å². The molecule has 0 aromatic heterocycles. The van der Waals surface area contributed by atoms with Gasteiger partial charge in [0.05, 0.1) is 13.2 Å². The maximum Gasteiger partial charge on any atom is 0.220 e. The van der Waals surface area contributed by atoms with Crippen molar-refractivity contribution in [2.75, 3.05) is 26.7 Å². The van der Waals surface area contributed by atoms with Gasteiger partial charge in [-0.25, -0.2) is 0 Å². The van der Waals surface area contributed by atoms with Crippen molar-refractivity contribution in [1.82, 2.24) is 10.2 Å². The van der Waals surface area contributed by atoms with Crippen LogP contribution in [0.15, 0.2) is 24.3 Å². The number of hydrogen-bond donors (Lipinski definition) is 2. The van der Waals surface area contributed by atoms with Gasteiger partial charge in [-0.15, -0.1) is 0 Å². The van der Waals surface area contributed by atoms with Crippen LogP contribution >= 0.6 is 0 Å². The zero-order valence-corrected chi connectivity index (χ0v) is 14.8. The van der Waals surface area contributed by atoms with Crippen molar-refractivity contribution < 1.29 is 9.53 Å². The number of amides is 1. The van der Waals surface area contributed by atoms with Crippen molar-refractivity contribution in [1.29, 1.82) is 0 Å². The molecule has 0 aliphatic heterocycles. The SMILES string of the molecule is CCN(CC)C(CNC(=O)CCC(C)N)c1cccc(OC)c1. The van der Waals surface area contributed by atoms with Crippen LogP contribution in [-0.4, -0.2) is 43.6 Å². The zero-order valence-electron chi connectivity index (χ0n) is 14.8. The van der Waals surface area contributed by atoms with Gasteiger partial charge in [-0.2, -0.15) is 0 Å². The summed E-state index contributed by atoms with van der Waals surface area (Å²) >= 11 is 0. The predicted octanol–water partition coefficient (Wildman–Crippen LogP) is 2.32. The summed E-state index contributed by atoms with van der Waals surface area (Å²) in [6, 6.07) is 8.24. The van der Waals surface area contributed by atoms with E-state index in [9.17, 15) is 4.79 Å². The second kappa shape index (κ2) is 10.2. The van der Waals surface area contributed by atoms with Crippen LogP contribution in [-0.2, 0) is 4.79 Å². The van der Waals surface area contributed by atoms with Gasteiger partial charge < -0.3 is 15.8 Å². The van der Waals surface area contributed by atoms with E-state index < -0.39 is 0 Å². The van der Waals surface area contributed by atoms with Gasteiger partial charge in [0.25, 0.3) is 0 Å². The summed E-state index contributed by atoms with van der Waals surface area (Å²) in [5.41, 5.74) is 6.86. The van der Waals surface area contributed by atoms with Crippen LogP contribution in [0.25, 0.3) is 0 Å². The van der Waals surface area contributed by atoms with Crippen molar-refractivity contribution in [3.63, 3.8) is 0 Å². The summed E-state index contributed by atoms with van der Waals surface area (Å²) in [7, 11) is 1.67. The molecule has 0 fully saturated rings. The third-order valence-electron chi connectivity index (χ3n) is 4.05. The number of nitrogens with one attached hydrogen (secondary N) is 1. The Labute approximate surface area is 140 Å². The van der Waals surface area contributed by atoms with Gasteiger partial charge in [0.1, 0.15) is 5.75 Å². The van der Waals surface area contributed by atoms with Gasteiger partial charge in [0.2, 0.25) is 5.91 Å². The summed E-state index contributed by atoms with van der Waals surface area (Å²) < 4.78 is 5.32. The van der Waals surface area contributed by atoms with Gasteiger partial charge in [-0.3, -0.25) is 9.69 Å². The van der Waals surface area contributed by atoms with Crippen molar-refractivity contribution in [3.05, 3.63) is 29.8 Å². The fraction of sp³-hybridized carbons (Fsp3) is 0.611. The van der Waals surface area contributed by atoms with E-state index in [1.165, 1.54) is 0 Å². The van der Waals surface area contributed by atoms with Crippen LogP contribution in [0, 0.1) is 0 Å². The van der Waals surface area contributed by atoms with Crippen molar-refractivity contribution >= 4 is 5.91 Å². The first-order valence-corrected chi connectivity index (χ1v) is 8.42.